The van der Waals surface area contributed by atoms with Crippen LogP contribution in [0.25, 0.3) is 0 Å². The molecule has 2 heteroatoms. The summed E-state index contributed by atoms with van der Waals surface area (Å²) in [4.78, 5) is 11.7. The highest BCUT2D eigenvalue weighted by Crippen LogP contribution is 2.88. The largest absolute Gasteiger partial charge is 0.462 e. The molecule has 0 radical (unpaired) electrons. The van der Waals surface area contributed by atoms with Gasteiger partial charge < -0.3 is 4.74 Å². The highest BCUT2D eigenvalue weighted by atomic mass is 16.5. The number of ether oxygens (including phenoxy) is 1. The van der Waals surface area contributed by atoms with Gasteiger partial charge in [-0.1, -0.05) is 38.8 Å². The van der Waals surface area contributed by atoms with Crippen LogP contribution in [0, 0.1) is 51.2 Å². The van der Waals surface area contributed by atoms with Crippen molar-refractivity contribution in [2.24, 2.45) is 51.2 Å². The van der Waals surface area contributed by atoms with Crippen LogP contribution in [0.15, 0.2) is 11.1 Å². The Morgan fingerprint density at radius 3 is 2.32 bits per heavy atom. The van der Waals surface area contributed by atoms with Crippen molar-refractivity contribution in [2.45, 2.75) is 132 Å². The molecule has 0 aromatic carbocycles. The maximum absolute atomic E-state index is 11.7. The topological polar surface area (TPSA) is 26.3 Å². The Kier molecular flexibility index (Phi) is 5.93. The molecule has 34 heavy (non-hydrogen) atoms. The molecule has 0 heterocycles. The van der Waals surface area contributed by atoms with Gasteiger partial charge in [0.2, 0.25) is 0 Å². The van der Waals surface area contributed by atoms with Crippen LogP contribution in [0.1, 0.15) is 126 Å². The number of hydrogen-bond donors (Lipinski definition) is 0. The van der Waals surface area contributed by atoms with Gasteiger partial charge in [0.1, 0.15) is 6.10 Å². The fraction of sp³-hybridized carbons (Fsp3) is 0.906. The Morgan fingerprint density at radius 1 is 0.912 bits per heavy atom. The van der Waals surface area contributed by atoms with Gasteiger partial charge in [0, 0.05) is 6.92 Å². The second-order valence-electron chi connectivity index (χ2n) is 14.5. The fourth-order valence-electron chi connectivity index (χ4n) is 11.2. The van der Waals surface area contributed by atoms with E-state index >= 15 is 0 Å². The average molecular weight is 469 g/mol. The molecule has 2 nitrogen and oxygen atoms in total. The molecule has 0 aromatic heterocycles. The van der Waals surface area contributed by atoms with Gasteiger partial charge in [-0.2, -0.15) is 0 Å². The minimum atomic E-state index is -0.0844. The summed E-state index contributed by atoms with van der Waals surface area (Å²) in [7, 11) is 0. The van der Waals surface area contributed by atoms with E-state index < -0.39 is 0 Å². The molecule has 5 saturated carbocycles. The third-order valence-corrected chi connectivity index (χ3v) is 13.5. The molecular formula is C32H52O2. The summed E-state index contributed by atoms with van der Waals surface area (Å²) >= 11 is 0. The maximum Gasteiger partial charge on any atom is 0.302 e. The predicted molar refractivity (Wildman–Crippen MR) is 140 cm³/mol. The van der Waals surface area contributed by atoms with Gasteiger partial charge in [-0.15, -0.1) is 0 Å². The number of carbonyl (C=O) groups excluding carboxylic acids is 1. The first kappa shape index (κ1) is 24.9. The number of carbonyl (C=O) groups is 1. The van der Waals surface area contributed by atoms with E-state index in [4.69, 9.17) is 4.74 Å². The van der Waals surface area contributed by atoms with Crippen molar-refractivity contribution < 1.29 is 9.53 Å². The molecule has 5 fully saturated rings. The van der Waals surface area contributed by atoms with Crippen molar-refractivity contribution in [2.75, 3.05) is 0 Å². The van der Waals surface area contributed by atoms with Crippen molar-refractivity contribution in [3.63, 3.8) is 0 Å². The molecule has 192 valence electrons. The van der Waals surface area contributed by atoms with Crippen molar-refractivity contribution in [1.29, 1.82) is 0 Å². The molecule has 0 amide bonds. The minimum absolute atomic E-state index is 0.0844. The molecule has 5 rings (SSSR count). The predicted octanol–water partition coefficient (Wildman–Crippen LogP) is 8.74. The highest BCUT2D eigenvalue weighted by Gasteiger charge is 2.81. The van der Waals surface area contributed by atoms with Crippen LogP contribution in [0.4, 0.5) is 0 Å². The summed E-state index contributed by atoms with van der Waals surface area (Å²) in [5.41, 5.74) is 5.33. The quantitative estimate of drug-likeness (QED) is 0.298. The van der Waals surface area contributed by atoms with E-state index in [9.17, 15) is 4.79 Å². The van der Waals surface area contributed by atoms with E-state index in [1.54, 1.807) is 12.5 Å². The molecule has 5 aliphatic carbocycles. The van der Waals surface area contributed by atoms with Crippen molar-refractivity contribution in [3.05, 3.63) is 11.1 Å². The smallest absolute Gasteiger partial charge is 0.302 e. The maximum atomic E-state index is 11.7. The van der Waals surface area contributed by atoms with Crippen LogP contribution in [0.2, 0.25) is 0 Å². The number of rotatable bonds is 5. The van der Waals surface area contributed by atoms with Gasteiger partial charge in [0.25, 0.3) is 0 Å². The van der Waals surface area contributed by atoms with Gasteiger partial charge in [0.15, 0.2) is 0 Å². The zero-order valence-electron chi connectivity index (χ0n) is 23.6. The van der Waals surface area contributed by atoms with Crippen LogP contribution in [0.5, 0.6) is 0 Å². The molecule has 0 N–H and O–H groups in total. The lowest BCUT2D eigenvalue weighted by Crippen LogP contribution is -2.56. The Hall–Kier alpha value is -0.790. The standard InChI is InChI=1S/C32H52O2/c1-20(2)21(3)9-10-22(4)25-13-15-30(8)28-12-11-26-23(5)27(34-24(6)33)14-16-31(26)19-32(28,31)18-17-29(25,30)7/h22-23,25-28H,9-19H2,1-8H3. The number of allylic oxidation sites excluding steroid dienone is 2. The first-order chi connectivity index (χ1) is 15.9. The van der Waals surface area contributed by atoms with Crippen LogP contribution >= 0.6 is 0 Å². The first-order valence-corrected chi connectivity index (χ1v) is 14.7. The molecule has 2 spiro atoms. The average Bonchev–Trinajstić information content (AvgIpc) is 3.36. The number of hydrogen-bond acceptors (Lipinski definition) is 2. The van der Waals surface area contributed by atoms with E-state index in [2.05, 4.69) is 48.5 Å². The summed E-state index contributed by atoms with van der Waals surface area (Å²) in [5.74, 6) is 3.87. The van der Waals surface area contributed by atoms with Gasteiger partial charge in [-0.05, 0) is 143 Å². The van der Waals surface area contributed by atoms with Crippen LogP contribution in [0.3, 0.4) is 0 Å². The van der Waals surface area contributed by atoms with Crippen LogP contribution < -0.4 is 0 Å². The summed E-state index contributed by atoms with van der Waals surface area (Å²) in [6, 6.07) is 0. The van der Waals surface area contributed by atoms with E-state index in [1.807, 2.05) is 0 Å². The fourth-order valence-corrected chi connectivity index (χ4v) is 11.2. The lowest BCUT2D eigenvalue weighted by molar-refractivity contribution is -0.165. The lowest BCUT2D eigenvalue weighted by atomic mass is 9.43. The van der Waals surface area contributed by atoms with E-state index in [-0.39, 0.29) is 12.1 Å². The Labute approximate surface area is 210 Å². The normalized spacial score (nSPS) is 49.7. The molecule has 0 saturated heterocycles. The highest BCUT2D eigenvalue weighted by molar-refractivity contribution is 5.66. The molecule has 0 aliphatic heterocycles. The summed E-state index contributed by atoms with van der Waals surface area (Å²) in [6.07, 6.45) is 15.3. The van der Waals surface area contributed by atoms with Crippen molar-refractivity contribution in [3.8, 4) is 0 Å². The molecule has 0 aromatic rings. The van der Waals surface area contributed by atoms with Gasteiger partial charge in [0.05, 0.1) is 0 Å². The van der Waals surface area contributed by atoms with E-state index in [1.165, 1.54) is 69.8 Å². The Bertz CT molecular complexity index is 868. The SMILES string of the molecule is CC(=O)OC1CCC23CC24CCC2(C)C(C(C)CCC(C)=C(C)C)CCC2(C)C4CCC3C1C. The van der Waals surface area contributed by atoms with Gasteiger partial charge >= 0.3 is 5.97 Å². The molecular weight excluding hydrogens is 416 g/mol. The Morgan fingerprint density at radius 2 is 1.65 bits per heavy atom. The summed E-state index contributed by atoms with van der Waals surface area (Å²) in [6.45, 7) is 18.9. The molecule has 10 unspecified atom stereocenters. The van der Waals surface area contributed by atoms with Crippen LogP contribution in [-0.2, 0) is 9.53 Å². The Balaban J connectivity index is 1.36. The van der Waals surface area contributed by atoms with Crippen molar-refractivity contribution >= 4 is 5.97 Å². The second kappa shape index (κ2) is 8.11. The molecule has 0 bridgehead atoms. The third-order valence-electron chi connectivity index (χ3n) is 13.5. The first-order valence-electron chi connectivity index (χ1n) is 14.7. The molecule has 10 atom stereocenters. The van der Waals surface area contributed by atoms with E-state index in [0.29, 0.717) is 27.6 Å². The number of fused-ring (bicyclic) bond motifs is 2. The van der Waals surface area contributed by atoms with Gasteiger partial charge in [-0.25, -0.2) is 0 Å². The number of esters is 1. The van der Waals surface area contributed by atoms with Gasteiger partial charge in [-0.3, -0.25) is 4.79 Å². The zero-order valence-corrected chi connectivity index (χ0v) is 23.6. The summed E-state index contributed by atoms with van der Waals surface area (Å²) < 4.78 is 5.81. The third kappa shape index (κ3) is 3.21. The lowest BCUT2D eigenvalue weighted by Gasteiger charge is -2.62. The van der Waals surface area contributed by atoms with Crippen molar-refractivity contribution in [1.82, 2.24) is 0 Å². The summed E-state index contributed by atoms with van der Waals surface area (Å²) in [5, 5.41) is 0. The van der Waals surface area contributed by atoms with E-state index in [0.717, 1.165) is 30.1 Å². The monoisotopic (exact) mass is 468 g/mol. The molecule has 5 aliphatic rings. The van der Waals surface area contributed by atoms with Crippen LogP contribution in [-0.4, -0.2) is 12.1 Å². The second-order valence-corrected chi connectivity index (χ2v) is 14.5. The minimum Gasteiger partial charge on any atom is -0.462 e. The zero-order chi connectivity index (χ0) is 24.7.